The zero-order valence-corrected chi connectivity index (χ0v) is 16.5. The molecule has 0 bridgehead atoms. The Hall–Kier alpha value is -3.93. The van der Waals surface area contributed by atoms with Gasteiger partial charge in [-0.15, -0.1) is 10.2 Å². The van der Waals surface area contributed by atoms with E-state index in [0.717, 1.165) is 28.1 Å². The minimum atomic E-state index is -0.220. The molecule has 0 radical (unpaired) electrons. The first-order valence-electron chi connectivity index (χ1n) is 8.96. The monoisotopic (exact) mass is 386 g/mol. The molecular formula is C23H22N4O2. The Kier molecular flexibility index (Phi) is 5.74. The van der Waals surface area contributed by atoms with Crippen LogP contribution in [0.5, 0.6) is 0 Å². The van der Waals surface area contributed by atoms with Crippen molar-refractivity contribution in [1.82, 2.24) is 10.2 Å². The quantitative estimate of drug-likeness (QED) is 0.419. The molecule has 0 aliphatic carbocycles. The van der Waals surface area contributed by atoms with E-state index in [9.17, 15) is 4.79 Å². The molecule has 29 heavy (non-hydrogen) atoms. The van der Waals surface area contributed by atoms with Crippen molar-refractivity contribution in [3.8, 4) is 22.9 Å². The molecule has 2 N–H and O–H groups in total. The van der Waals surface area contributed by atoms with Gasteiger partial charge in [-0.1, -0.05) is 19.7 Å². The fourth-order valence-corrected chi connectivity index (χ4v) is 2.37. The molecule has 3 rings (SSSR count). The highest BCUT2D eigenvalue weighted by molar-refractivity contribution is 6.02. The highest BCUT2D eigenvalue weighted by atomic mass is 16.4. The fourth-order valence-electron chi connectivity index (χ4n) is 2.37. The SMILES string of the molecule is C=C(C)C(=C)Nc1ccc(-c2nnc(-c3ccc(NC(=O)C(=C)C)cc3)o2)cc1. The number of carbonyl (C=O) groups excluding carboxylic acids is 1. The number of hydrogen-bond acceptors (Lipinski definition) is 5. The number of benzene rings is 2. The van der Waals surface area contributed by atoms with Crippen LogP contribution in [-0.4, -0.2) is 16.1 Å². The van der Waals surface area contributed by atoms with Crippen molar-refractivity contribution < 1.29 is 9.21 Å². The molecule has 6 heteroatoms. The van der Waals surface area contributed by atoms with Gasteiger partial charge in [0.05, 0.1) is 0 Å². The summed E-state index contributed by atoms with van der Waals surface area (Å²) in [6, 6.07) is 14.8. The lowest BCUT2D eigenvalue weighted by Crippen LogP contribution is -2.11. The predicted molar refractivity (Wildman–Crippen MR) is 116 cm³/mol. The summed E-state index contributed by atoms with van der Waals surface area (Å²) in [5.41, 5.74) is 5.21. The van der Waals surface area contributed by atoms with Crippen molar-refractivity contribution >= 4 is 17.3 Å². The predicted octanol–water partition coefficient (Wildman–Crippen LogP) is 5.42. The topological polar surface area (TPSA) is 80.0 Å². The van der Waals surface area contributed by atoms with E-state index < -0.39 is 0 Å². The number of rotatable bonds is 7. The minimum Gasteiger partial charge on any atom is -0.416 e. The number of amides is 1. The highest BCUT2D eigenvalue weighted by Crippen LogP contribution is 2.26. The van der Waals surface area contributed by atoms with Crippen LogP contribution in [0.4, 0.5) is 11.4 Å². The molecule has 1 amide bonds. The molecule has 0 aliphatic rings. The van der Waals surface area contributed by atoms with Gasteiger partial charge in [-0.2, -0.15) is 0 Å². The third-order valence-electron chi connectivity index (χ3n) is 4.14. The Morgan fingerprint density at radius 1 is 0.759 bits per heavy atom. The first-order valence-corrected chi connectivity index (χ1v) is 8.96. The third kappa shape index (κ3) is 4.87. The summed E-state index contributed by atoms with van der Waals surface area (Å²) >= 11 is 0. The lowest BCUT2D eigenvalue weighted by Gasteiger charge is -2.09. The zero-order valence-electron chi connectivity index (χ0n) is 16.5. The molecule has 1 aromatic heterocycles. The smallest absolute Gasteiger partial charge is 0.250 e. The largest absolute Gasteiger partial charge is 0.416 e. The van der Waals surface area contributed by atoms with Crippen LogP contribution < -0.4 is 10.6 Å². The zero-order chi connectivity index (χ0) is 21.0. The lowest BCUT2D eigenvalue weighted by atomic mass is 10.2. The van der Waals surface area contributed by atoms with Gasteiger partial charge in [-0.05, 0) is 68.0 Å². The van der Waals surface area contributed by atoms with Gasteiger partial charge in [0.2, 0.25) is 11.8 Å². The van der Waals surface area contributed by atoms with Gasteiger partial charge in [0.25, 0.3) is 5.91 Å². The lowest BCUT2D eigenvalue weighted by molar-refractivity contribution is -0.112. The number of hydrogen-bond donors (Lipinski definition) is 2. The Bertz CT molecular complexity index is 991. The van der Waals surface area contributed by atoms with E-state index in [1.165, 1.54) is 0 Å². The fraction of sp³-hybridized carbons (Fsp3) is 0.0870. The minimum absolute atomic E-state index is 0.220. The van der Waals surface area contributed by atoms with Gasteiger partial charge in [0, 0.05) is 33.8 Å². The molecule has 6 nitrogen and oxygen atoms in total. The van der Waals surface area contributed by atoms with Crippen LogP contribution in [0.1, 0.15) is 13.8 Å². The second kappa shape index (κ2) is 8.39. The second-order valence-corrected chi connectivity index (χ2v) is 6.69. The first kappa shape index (κ1) is 19.8. The number of carbonyl (C=O) groups is 1. The molecule has 0 saturated carbocycles. The van der Waals surface area contributed by atoms with Crippen molar-refractivity contribution in [3.63, 3.8) is 0 Å². The Morgan fingerprint density at radius 3 is 1.62 bits per heavy atom. The van der Waals surface area contributed by atoms with E-state index in [-0.39, 0.29) is 5.91 Å². The van der Waals surface area contributed by atoms with Crippen molar-refractivity contribution in [3.05, 3.63) is 85.1 Å². The van der Waals surface area contributed by atoms with E-state index in [2.05, 4.69) is 40.6 Å². The average Bonchev–Trinajstić information content (AvgIpc) is 3.19. The molecule has 0 spiro atoms. The van der Waals surface area contributed by atoms with Crippen molar-refractivity contribution in [2.45, 2.75) is 13.8 Å². The van der Waals surface area contributed by atoms with Gasteiger partial charge in [-0.3, -0.25) is 4.79 Å². The van der Waals surface area contributed by atoms with Gasteiger partial charge in [0.1, 0.15) is 0 Å². The van der Waals surface area contributed by atoms with Crippen LogP contribution in [0.15, 0.2) is 89.5 Å². The summed E-state index contributed by atoms with van der Waals surface area (Å²) in [4.78, 5) is 11.7. The Balaban J connectivity index is 1.72. The van der Waals surface area contributed by atoms with E-state index in [0.29, 0.717) is 23.0 Å². The van der Waals surface area contributed by atoms with Gasteiger partial charge < -0.3 is 15.1 Å². The molecule has 0 fully saturated rings. The van der Waals surface area contributed by atoms with Crippen LogP contribution in [0.25, 0.3) is 22.9 Å². The summed E-state index contributed by atoms with van der Waals surface area (Å²) in [5, 5.41) is 14.2. The normalized spacial score (nSPS) is 10.3. The standard InChI is InChI=1S/C23H22N4O2/c1-14(2)16(5)24-19-10-6-17(7-11-19)22-26-27-23(29-22)18-8-12-20(13-9-18)25-21(28)15(3)4/h6-13,24H,1,3,5H2,2,4H3,(H,25,28). The Morgan fingerprint density at radius 2 is 1.21 bits per heavy atom. The van der Waals surface area contributed by atoms with Gasteiger partial charge >= 0.3 is 0 Å². The van der Waals surface area contributed by atoms with E-state index in [1.54, 1.807) is 19.1 Å². The highest BCUT2D eigenvalue weighted by Gasteiger charge is 2.11. The number of nitrogens with zero attached hydrogens (tertiary/aromatic N) is 2. The molecule has 3 aromatic rings. The van der Waals surface area contributed by atoms with Gasteiger partial charge in [-0.25, -0.2) is 0 Å². The molecule has 2 aromatic carbocycles. The maximum Gasteiger partial charge on any atom is 0.250 e. The van der Waals surface area contributed by atoms with Crippen molar-refractivity contribution in [2.75, 3.05) is 10.6 Å². The van der Waals surface area contributed by atoms with E-state index in [4.69, 9.17) is 4.42 Å². The Labute approximate surface area is 169 Å². The molecule has 0 aliphatic heterocycles. The number of nitrogens with one attached hydrogen (secondary N) is 2. The summed E-state index contributed by atoms with van der Waals surface area (Å²) in [6.45, 7) is 14.9. The van der Waals surface area contributed by atoms with Crippen LogP contribution in [0.3, 0.4) is 0 Å². The third-order valence-corrected chi connectivity index (χ3v) is 4.14. The molecular weight excluding hydrogens is 364 g/mol. The molecule has 0 atom stereocenters. The summed E-state index contributed by atoms with van der Waals surface area (Å²) in [6.07, 6.45) is 0. The number of anilines is 2. The van der Waals surface area contributed by atoms with Crippen LogP contribution >= 0.6 is 0 Å². The van der Waals surface area contributed by atoms with E-state index >= 15 is 0 Å². The molecule has 0 unspecified atom stereocenters. The van der Waals surface area contributed by atoms with Crippen LogP contribution in [-0.2, 0) is 4.79 Å². The van der Waals surface area contributed by atoms with Crippen LogP contribution in [0, 0.1) is 0 Å². The number of aromatic nitrogens is 2. The maximum absolute atomic E-state index is 11.7. The maximum atomic E-state index is 11.7. The van der Waals surface area contributed by atoms with Gasteiger partial charge in [0.15, 0.2) is 0 Å². The molecule has 0 saturated heterocycles. The van der Waals surface area contributed by atoms with Crippen molar-refractivity contribution in [2.24, 2.45) is 0 Å². The van der Waals surface area contributed by atoms with Crippen LogP contribution in [0.2, 0.25) is 0 Å². The molecule has 1 heterocycles. The second-order valence-electron chi connectivity index (χ2n) is 6.69. The number of allylic oxidation sites excluding steroid dienone is 1. The summed E-state index contributed by atoms with van der Waals surface area (Å²) < 4.78 is 5.80. The first-order chi connectivity index (χ1) is 13.8. The summed E-state index contributed by atoms with van der Waals surface area (Å²) in [5.74, 6) is 0.600. The summed E-state index contributed by atoms with van der Waals surface area (Å²) in [7, 11) is 0. The average molecular weight is 386 g/mol. The van der Waals surface area contributed by atoms with Crippen molar-refractivity contribution in [1.29, 1.82) is 0 Å². The molecule has 146 valence electrons. The van der Waals surface area contributed by atoms with E-state index in [1.807, 2.05) is 43.3 Å².